The van der Waals surface area contributed by atoms with Crippen LogP contribution < -0.4 is 9.03 Å². The van der Waals surface area contributed by atoms with Crippen molar-refractivity contribution in [2.75, 3.05) is 15.3 Å². The SMILES string of the molecule is Cc1noc(C)c1S(=O)(=O)Nc1ccc(N(C2CC2)S(C)(=O)=O)cc1. The largest absolute Gasteiger partial charge is 0.360 e. The lowest BCUT2D eigenvalue weighted by atomic mass is 10.3. The molecule has 0 bridgehead atoms. The first-order chi connectivity index (χ1) is 11.6. The predicted octanol–water partition coefficient (Wildman–Crippen LogP) is 2.02. The van der Waals surface area contributed by atoms with Crippen LogP contribution in [0.4, 0.5) is 11.4 Å². The summed E-state index contributed by atoms with van der Waals surface area (Å²) in [4.78, 5) is 0.00678. The molecule has 0 unspecified atom stereocenters. The Morgan fingerprint density at radius 1 is 1.12 bits per heavy atom. The monoisotopic (exact) mass is 385 g/mol. The van der Waals surface area contributed by atoms with E-state index in [1.807, 2.05) is 0 Å². The molecule has 1 saturated carbocycles. The maximum Gasteiger partial charge on any atom is 0.267 e. The third kappa shape index (κ3) is 3.64. The molecule has 0 aliphatic heterocycles. The molecule has 8 nitrogen and oxygen atoms in total. The Balaban J connectivity index is 1.86. The van der Waals surface area contributed by atoms with E-state index in [0.717, 1.165) is 12.8 Å². The van der Waals surface area contributed by atoms with Gasteiger partial charge in [0.05, 0.1) is 11.9 Å². The van der Waals surface area contributed by atoms with E-state index >= 15 is 0 Å². The van der Waals surface area contributed by atoms with Crippen LogP contribution in [0.2, 0.25) is 0 Å². The molecule has 0 amide bonds. The van der Waals surface area contributed by atoms with Crippen molar-refractivity contribution in [1.82, 2.24) is 5.16 Å². The van der Waals surface area contributed by atoms with Crippen LogP contribution in [0.5, 0.6) is 0 Å². The number of hydrogen-bond donors (Lipinski definition) is 1. The fourth-order valence-corrected chi connectivity index (χ4v) is 5.37. The second kappa shape index (κ2) is 6.03. The Kier molecular flexibility index (Phi) is 4.28. The molecule has 1 aliphatic carbocycles. The molecule has 1 aromatic carbocycles. The van der Waals surface area contributed by atoms with Gasteiger partial charge in [-0.25, -0.2) is 16.8 Å². The van der Waals surface area contributed by atoms with E-state index in [2.05, 4.69) is 9.88 Å². The Bertz CT molecular complexity index is 971. The van der Waals surface area contributed by atoms with Gasteiger partial charge >= 0.3 is 0 Å². The van der Waals surface area contributed by atoms with E-state index in [9.17, 15) is 16.8 Å². The van der Waals surface area contributed by atoms with Crippen LogP contribution in [0.25, 0.3) is 0 Å². The fourth-order valence-electron chi connectivity index (χ4n) is 2.72. The third-order valence-corrected chi connectivity index (χ3v) is 6.69. The minimum atomic E-state index is -3.83. The number of aryl methyl sites for hydroxylation is 2. The zero-order valence-corrected chi connectivity index (χ0v) is 15.7. The lowest BCUT2D eigenvalue weighted by Crippen LogP contribution is -2.31. The van der Waals surface area contributed by atoms with Crippen molar-refractivity contribution in [2.45, 2.75) is 37.6 Å². The first-order valence-corrected chi connectivity index (χ1v) is 11.0. The van der Waals surface area contributed by atoms with E-state index < -0.39 is 20.0 Å². The standard InChI is InChI=1S/C15H19N3O5S2/c1-10-15(11(2)23-16-10)25(21,22)17-12-4-6-13(7-5-12)18(14-8-9-14)24(3,19)20/h4-7,14,17H,8-9H2,1-3H3. The van der Waals surface area contributed by atoms with Gasteiger partial charge < -0.3 is 4.52 Å². The highest BCUT2D eigenvalue weighted by Crippen LogP contribution is 2.34. The Labute approximate surface area is 146 Å². The Morgan fingerprint density at radius 2 is 1.72 bits per heavy atom. The number of nitrogens with zero attached hydrogens (tertiary/aromatic N) is 2. The summed E-state index contributed by atoms with van der Waals surface area (Å²) in [6.07, 6.45) is 2.82. The van der Waals surface area contributed by atoms with Crippen LogP contribution >= 0.6 is 0 Å². The van der Waals surface area contributed by atoms with Gasteiger partial charge in [0, 0.05) is 11.7 Å². The van der Waals surface area contributed by atoms with Crippen LogP contribution in [0.15, 0.2) is 33.7 Å². The van der Waals surface area contributed by atoms with Gasteiger partial charge in [0.2, 0.25) is 10.0 Å². The van der Waals surface area contributed by atoms with E-state index in [1.54, 1.807) is 19.1 Å². The maximum atomic E-state index is 12.5. The molecule has 3 rings (SSSR count). The van der Waals surface area contributed by atoms with Crippen molar-refractivity contribution in [3.63, 3.8) is 0 Å². The van der Waals surface area contributed by atoms with Crippen molar-refractivity contribution < 1.29 is 21.4 Å². The molecule has 0 radical (unpaired) electrons. The molecule has 0 spiro atoms. The molecular formula is C15H19N3O5S2. The smallest absolute Gasteiger partial charge is 0.267 e. The Morgan fingerprint density at radius 3 is 2.16 bits per heavy atom. The molecule has 1 aliphatic rings. The molecular weight excluding hydrogens is 366 g/mol. The summed E-state index contributed by atoms with van der Waals surface area (Å²) in [6, 6.07) is 6.23. The van der Waals surface area contributed by atoms with Gasteiger partial charge in [-0.1, -0.05) is 5.16 Å². The number of rotatable bonds is 6. The molecule has 1 aromatic heterocycles. The molecule has 10 heteroatoms. The quantitative estimate of drug-likeness (QED) is 0.815. The highest BCUT2D eigenvalue weighted by atomic mass is 32.2. The van der Waals surface area contributed by atoms with Crippen LogP contribution in [-0.2, 0) is 20.0 Å². The van der Waals surface area contributed by atoms with Gasteiger partial charge in [-0.2, -0.15) is 0 Å². The topological polar surface area (TPSA) is 110 Å². The molecule has 1 N–H and O–H groups in total. The second-order valence-corrected chi connectivity index (χ2v) is 9.57. The normalized spacial score (nSPS) is 15.2. The number of benzene rings is 1. The minimum absolute atomic E-state index is 0.00678. The number of hydrogen-bond acceptors (Lipinski definition) is 6. The average Bonchev–Trinajstić information content (AvgIpc) is 3.24. The van der Waals surface area contributed by atoms with Crippen molar-refractivity contribution >= 4 is 31.4 Å². The van der Waals surface area contributed by atoms with Crippen LogP contribution in [0.3, 0.4) is 0 Å². The summed E-state index contributed by atoms with van der Waals surface area (Å²) in [5.74, 6) is 0.207. The average molecular weight is 385 g/mol. The molecule has 136 valence electrons. The number of anilines is 2. The molecule has 1 heterocycles. The third-order valence-electron chi connectivity index (χ3n) is 3.85. The summed E-state index contributed by atoms with van der Waals surface area (Å²) < 4.78 is 57.6. The second-order valence-electron chi connectivity index (χ2n) is 6.10. The van der Waals surface area contributed by atoms with Gasteiger partial charge in [-0.05, 0) is 51.0 Å². The van der Waals surface area contributed by atoms with Crippen molar-refractivity contribution in [2.24, 2.45) is 0 Å². The summed E-state index contributed by atoms with van der Waals surface area (Å²) in [6.45, 7) is 3.07. The van der Waals surface area contributed by atoms with Gasteiger partial charge in [-0.15, -0.1) is 0 Å². The molecule has 2 aromatic rings. The van der Waals surface area contributed by atoms with Crippen LogP contribution in [-0.4, -0.2) is 34.3 Å². The fraction of sp³-hybridized carbons (Fsp3) is 0.400. The molecule has 0 saturated heterocycles. The lowest BCUT2D eigenvalue weighted by Gasteiger charge is -2.22. The minimum Gasteiger partial charge on any atom is -0.360 e. The summed E-state index contributed by atoms with van der Waals surface area (Å²) in [5.41, 5.74) is 1.12. The number of sulfonamides is 2. The lowest BCUT2D eigenvalue weighted by molar-refractivity contribution is 0.390. The van der Waals surface area contributed by atoms with Crippen molar-refractivity contribution in [1.29, 1.82) is 0 Å². The Hall–Kier alpha value is -2.07. The highest BCUT2D eigenvalue weighted by molar-refractivity contribution is 7.93. The van der Waals surface area contributed by atoms with Gasteiger partial charge in [-0.3, -0.25) is 9.03 Å². The first-order valence-electron chi connectivity index (χ1n) is 7.65. The summed E-state index contributed by atoms with van der Waals surface area (Å²) in [7, 11) is -7.21. The first kappa shape index (κ1) is 17.7. The van der Waals surface area contributed by atoms with Gasteiger partial charge in [0.25, 0.3) is 10.0 Å². The zero-order chi connectivity index (χ0) is 18.4. The number of nitrogens with one attached hydrogen (secondary N) is 1. The van der Waals surface area contributed by atoms with E-state index in [1.165, 1.54) is 29.6 Å². The number of aromatic nitrogens is 1. The van der Waals surface area contributed by atoms with Gasteiger partial charge in [0.1, 0.15) is 5.69 Å². The molecule has 1 fully saturated rings. The van der Waals surface area contributed by atoms with E-state index in [-0.39, 0.29) is 22.4 Å². The van der Waals surface area contributed by atoms with Crippen LogP contribution in [0.1, 0.15) is 24.3 Å². The summed E-state index contributed by atoms with van der Waals surface area (Å²) >= 11 is 0. The molecule has 25 heavy (non-hydrogen) atoms. The maximum absolute atomic E-state index is 12.5. The van der Waals surface area contributed by atoms with Crippen molar-refractivity contribution in [3.8, 4) is 0 Å². The van der Waals surface area contributed by atoms with Crippen molar-refractivity contribution in [3.05, 3.63) is 35.7 Å². The predicted molar refractivity (Wildman–Crippen MR) is 93.6 cm³/mol. The summed E-state index contributed by atoms with van der Waals surface area (Å²) in [5, 5.41) is 3.65. The van der Waals surface area contributed by atoms with Crippen LogP contribution in [0, 0.1) is 13.8 Å². The van der Waals surface area contributed by atoms with E-state index in [4.69, 9.17) is 4.52 Å². The van der Waals surface area contributed by atoms with Gasteiger partial charge in [0.15, 0.2) is 10.7 Å². The highest BCUT2D eigenvalue weighted by Gasteiger charge is 2.35. The zero-order valence-electron chi connectivity index (χ0n) is 14.1. The molecule has 0 atom stereocenters. The van der Waals surface area contributed by atoms with E-state index in [0.29, 0.717) is 11.4 Å².